The van der Waals surface area contributed by atoms with E-state index in [0.29, 0.717) is 10.9 Å². The van der Waals surface area contributed by atoms with E-state index >= 15 is 0 Å². The molecule has 17 heavy (non-hydrogen) atoms. The Hall–Kier alpha value is -1.22. The molecule has 0 bridgehead atoms. The van der Waals surface area contributed by atoms with Crippen molar-refractivity contribution in [2.45, 2.75) is 19.8 Å². The van der Waals surface area contributed by atoms with Crippen molar-refractivity contribution in [3.63, 3.8) is 0 Å². The summed E-state index contributed by atoms with van der Waals surface area (Å²) in [5.74, 6) is 0.734. The first-order valence-electron chi connectivity index (χ1n) is 5.92. The van der Waals surface area contributed by atoms with Crippen LogP contribution in [-0.2, 0) is 4.79 Å². The maximum absolute atomic E-state index is 11.6. The fourth-order valence-electron chi connectivity index (χ4n) is 1.67. The molecule has 0 unspecified atom stereocenters. The Morgan fingerprint density at radius 1 is 1.47 bits per heavy atom. The Bertz CT molecular complexity index is 396. The van der Waals surface area contributed by atoms with Gasteiger partial charge in [0.25, 0.3) is 0 Å². The number of benzene rings is 1. The van der Waals surface area contributed by atoms with Crippen molar-refractivity contribution in [3.05, 3.63) is 28.8 Å². The van der Waals surface area contributed by atoms with E-state index in [-0.39, 0.29) is 12.5 Å². The molecule has 2 rings (SSSR count). The van der Waals surface area contributed by atoms with Crippen LogP contribution in [0, 0.1) is 12.8 Å². The van der Waals surface area contributed by atoms with Gasteiger partial charge in [-0.1, -0.05) is 23.7 Å². The van der Waals surface area contributed by atoms with Crippen LogP contribution in [0.5, 0.6) is 0 Å². The van der Waals surface area contributed by atoms with Gasteiger partial charge < -0.3 is 10.6 Å². The van der Waals surface area contributed by atoms with Gasteiger partial charge in [0.2, 0.25) is 5.91 Å². The van der Waals surface area contributed by atoms with E-state index < -0.39 is 0 Å². The van der Waals surface area contributed by atoms with Crippen LogP contribution in [0.1, 0.15) is 18.4 Å². The van der Waals surface area contributed by atoms with E-state index in [2.05, 4.69) is 10.6 Å². The van der Waals surface area contributed by atoms with Crippen molar-refractivity contribution in [1.82, 2.24) is 5.32 Å². The van der Waals surface area contributed by atoms with Gasteiger partial charge >= 0.3 is 0 Å². The highest BCUT2D eigenvalue weighted by molar-refractivity contribution is 6.33. The zero-order valence-corrected chi connectivity index (χ0v) is 10.7. The number of amides is 1. The fraction of sp³-hybridized carbons (Fsp3) is 0.462. The first-order chi connectivity index (χ1) is 8.16. The Morgan fingerprint density at radius 3 is 2.88 bits per heavy atom. The lowest BCUT2D eigenvalue weighted by Gasteiger charge is -2.11. The summed E-state index contributed by atoms with van der Waals surface area (Å²) in [5.41, 5.74) is 1.89. The van der Waals surface area contributed by atoms with Gasteiger partial charge in [0.1, 0.15) is 0 Å². The normalized spacial score (nSPS) is 14.5. The summed E-state index contributed by atoms with van der Waals surface area (Å²) in [4.78, 5) is 11.6. The van der Waals surface area contributed by atoms with Crippen LogP contribution in [0.4, 0.5) is 5.69 Å². The Kier molecular flexibility index (Phi) is 3.89. The van der Waals surface area contributed by atoms with Gasteiger partial charge in [-0.3, -0.25) is 4.79 Å². The van der Waals surface area contributed by atoms with Crippen LogP contribution in [0.25, 0.3) is 0 Å². The molecule has 0 spiro atoms. The molecule has 1 saturated carbocycles. The summed E-state index contributed by atoms with van der Waals surface area (Å²) in [6.07, 6.45) is 2.49. The molecule has 92 valence electrons. The second-order valence-corrected chi connectivity index (χ2v) is 4.94. The molecule has 4 heteroatoms. The zero-order chi connectivity index (χ0) is 12.3. The molecule has 1 amide bonds. The standard InChI is InChI=1S/C13H17ClN2O/c1-9-3-2-4-11(14)13(9)16-8-12(17)15-7-10-5-6-10/h2-4,10,16H,5-8H2,1H3,(H,15,17). The topological polar surface area (TPSA) is 41.1 Å². The highest BCUT2D eigenvalue weighted by atomic mass is 35.5. The van der Waals surface area contributed by atoms with Crippen molar-refractivity contribution in [2.75, 3.05) is 18.4 Å². The second-order valence-electron chi connectivity index (χ2n) is 4.53. The summed E-state index contributed by atoms with van der Waals surface area (Å²) in [7, 11) is 0. The Morgan fingerprint density at radius 2 is 2.24 bits per heavy atom. The van der Waals surface area contributed by atoms with E-state index in [1.165, 1.54) is 12.8 Å². The van der Waals surface area contributed by atoms with Crippen LogP contribution < -0.4 is 10.6 Å². The van der Waals surface area contributed by atoms with Crippen LogP contribution in [0.2, 0.25) is 5.02 Å². The van der Waals surface area contributed by atoms with Gasteiger partial charge in [0.15, 0.2) is 0 Å². The molecule has 0 heterocycles. The van der Waals surface area contributed by atoms with Gasteiger partial charge in [-0.15, -0.1) is 0 Å². The molecule has 1 aliphatic carbocycles. The Labute approximate surface area is 107 Å². The lowest BCUT2D eigenvalue weighted by atomic mass is 10.2. The van der Waals surface area contributed by atoms with Gasteiger partial charge in [0, 0.05) is 6.54 Å². The summed E-state index contributed by atoms with van der Waals surface area (Å²) < 4.78 is 0. The SMILES string of the molecule is Cc1cccc(Cl)c1NCC(=O)NCC1CC1. The minimum atomic E-state index is 0.0243. The number of para-hydroxylation sites is 1. The van der Waals surface area contributed by atoms with Crippen molar-refractivity contribution >= 4 is 23.2 Å². The molecule has 1 aliphatic rings. The van der Waals surface area contributed by atoms with Gasteiger partial charge in [-0.25, -0.2) is 0 Å². The van der Waals surface area contributed by atoms with Gasteiger partial charge in [-0.05, 0) is 37.3 Å². The van der Waals surface area contributed by atoms with Crippen molar-refractivity contribution in [2.24, 2.45) is 5.92 Å². The van der Waals surface area contributed by atoms with E-state index in [9.17, 15) is 4.79 Å². The predicted octanol–water partition coefficient (Wildman–Crippen LogP) is 2.59. The highest BCUT2D eigenvalue weighted by Gasteiger charge is 2.21. The maximum Gasteiger partial charge on any atom is 0.239 e. The number of hydrogen-bond donors (Lipinski definition) is 2. The van der Waals surface area contributed by atoms with Crippen molar-refractivity contribution in [3.8, 4) is 0 Å². The maximum atomic E-state index is 11.6. The highest BCUT2D eigenvalue weighted by Crippen LogP contribution is 2.27. The number of hydrogen-bond acceptors (Lipinski definition) is 2. The quantitative estimate of drug-likeness (QED) is 0.846. The third-order valence-electron chi connectivity index (χ3n) is 2.93. The number of nitrogens with one attached hydrogen (secondary N) is 2. The average Bonchev–Trinajstić information content (AvgIpc) is 3.09. The van der Waals surface area contributed by atoms with Crippen LogP contribution in [0.3, 0.4) is 0 Å². The number of carbonyl (C=O) groups is 1. The molecule has 2 N–H and O–H groups in total. The molecule has 0 saturated heterocycles. The van der Waals surface area contributed by atoms with Crippen LogP contribution in [0.15, 0.2) is 18.2 Å². The van der Waals surface area contributed by atoms with Crippen LogP contribution >= 0.6 is 11.6 Å². The molecular weight excluding hydrogens is 236 g/mol. The molecule has 1 fully saturated rings. The summed E-state index contributed by atoms with van der Waals surface area (Å²) >= 11 is 6.06. The van der Waals surface area contributed by atoms with E-state index in [1.54, 1.807) is 0 Å². The zero-order valence-electron chi connectivity index (χ0n) is 9.92. The van der Waals surface area contributed by atoms with E-state index in [0.717, 1.165) is 17.8 Å². The number of halogens is 1. The lowest BCUT2D eigenvalue weighted by molar-refractivity contribution is -0.119. The first kappa shape index (κ1) is 12.2. The van der Waals surface area contributed by atoms with Gasteiger partial charge in [-0.2, -0.15) is 0 Å². The molecule has 0 aromatic heterocycles. The number of rotatable bonds is 5. The summed E-state index contributed by atoms with van der Waals surface area (Å²) in [6.45, 7) is 3.05. The summed E-state index contributed by atoms with van der Waals surface area (Å²) in [5, 5.41) is 6.64. The van der Waals surface area contributed by atoms with Gasteiger partial charge in [0.05, 0.1) is 17.3 Å². The largest absolute Gasteiger partial charge is 0.375 e. The first-order valence-corrected chi connectivity index (χ1v) is 6.30. The van der Waals surface area contributed by atoms with Crippen LogP contribution in [-0.4, -0.2) is 19.0 Å². The summed E-state index contributed by atoms with van der Waals surface area (Å²) in [6, 6.07) is 5.69. The van der Waals surface area contributed by atoms with E-state index in [1.807, 2.05) is 25.1 Å². The number of anilines is 1. The smallest absolute Gasteiger partial charge is 0.239 e. The third-order valence-corrected chi connectivity index (χ3v) is 3.25. The molecule has 3 nitrogen and oxygen atoms in total. The molecular formula is C13H17ClN2O. The minimum absolute atomic E-state index is 0.0243. The number of aryl methyl sites for hydroxylation is 1. The molecule has 1 aromatic carbocycles. The predicted molar refractivity (Wildman–Crippen MR) is 70.4 cm³/mol. The fourth-order valence-corrected chi connectivity index (χ4v) is 1.96. The molecule has 0 radical (unpaired) electrons. The lowest BCUT2D eigenvalue weighted by Crippen LogP contribution is -2.31. The van der Waals surface area contributed by atoms with E-state index in [4.69, 9.17) is 11.6 Å². The molecule has 0 aliphatic heterocycles. The third kappa shape index (κ3) is 3.63. The molecule has 0 atom stereocenters. The number of carbonyl (C=O) groups excluding carboxylic acids is 1. The van der Waals surface area contributed by atoms with Crippen molar-refractivity contribution in [1.29, 1.82) is 0 Å². The minimum Gasteiger partial charge on any atom is -0.375 e. The Balaban J connectivity index is 1.81. The molecule has 1 aromatic rings. The monoisotopic (exact) mass is 252 g/mol. The average molecular weight is 253 g/mol. The van der Waals surface area contributed by atoms with Crippen molar-refractivity contribution < 1.29 is 4.79 Å². The second kappa shape index (κ2) is 5.41.